The molecule has 1 aliphatic carbocycles. The van der Waals surface area contributed by atoms with E-state index in [1.165, 1.54) is 24.1 Å². The average Bonchev–Trinajstić information content (AvgIpc) is 2.68. The van der Waals surface area contributed by atoms with Crippen LogP contribution in [0, 0.1) is 5.92 Å². The average molecular weight is 215 g/mol. The summed E-state index contributed by atoms with van der Waals surface area (Å²) in [5.41, 5.74) is 2.68. The van der Waals surface area contributed by atoms with Crippen LogP contribution in [0.3, 0.4) is 0 Å². The molecule has 1 saturated heterocycles. The fraction of sp³-hybridized carbons (Fsp3) is 0.429. The van der Waals surface area contributed by atoms with Crippen molar-refractivity contribution in [2.75, 3.05) is 6.61 Å². The van der Waals surface area contributed by atoms with Crippen LogP contribution in [0.15, 0.2) is 47.9 Å². The van der Waals surface area contributed by atoms with Crippen LogP contribution >= 0.6 is 0 Å². The highest BCUT2D eigenvalue weighted by atomic mass is 16.2. The second-order valence-corrected chi connectivity index (χ2v) is 4.70. The van der Waals surface area contributed by atoms with E-state index in [2.05, 4.69) is 41.5 Å². The van der Waals surface area contributed by atoms with Gasteiger partial charge >= 0.3 is 0 Å². The summed E-state index contributed by atoms with van der Waals surface area (Å²) in [4.78, 5) is 2.39. The van der Waals surface area contributed by atoms with E-state index in [4.69, 9.17) is 5.11 Å². The van der Waals surface area contributed by atoms with E-state index in [-0.39, 0.29) is 6.61 Å². The van der Waals surface area contributed by atoms with E-state index in [9.17, 15) is 0 Å². The highest BCUT2D eigenvalue weighted by Crippen LogP contribution is 2.40. The summed E-state index contributed by atoms with van der Waals surface area (Å²) in [7, 11) is 0. The zero-order valence-corrected chi connectivity index (χ0v) is 9.34. The molecular weight excluding hydrogens is 198 g/mol. The van der Waals surface area contributed by atoms with Crippen molar-refractivity contribution in [1.82, 2.24) is 4.90 Å². The first-order valence-electron chi connectivity index (χ1n) is 6.03. The largest absolute Gasteiger partial charge is 0.396 e. The molecule has 3 rings (SSSR count). The number of allylic oxidation sites excluding steroid dienone is 5. The van der Waals surface area contributed by atoms with Crippen molar-refractivity contribution in [2.24, 2.45) is 5.92 Å². The highest BCUT2D eigenvalue weighted by molar-refractivity contribution is 5.35. The molecule has 0 amide bonds. The molecule has 0 aromatic rings. The van der Waals surface area contributed by atoms with Crippen LogP contribution in [0.5, 0.6) is 0 Å². The van der Waals surface area contributed by atoms with Crippen molar-refractivity contribution in [3.8, 4) is 0 Å². The molecule has 2 nitrogen and oxygen atoms in total. The van der Waals surface area contributed by atoms with Gasteiger partial charge in [-0.2, -0.15) is 0 Å². The van der Waals surface area contributed by atoms with Crippen LogP contribution in [0.4, 0.5) is 0 Å². The van der Waals surface area contributed by atoms with Gasteiger partial charge in [-0.05, 0) is 30.9 Å². The van der Waals surface area contributed by atoms with Crippen molar-refractivity contribution in [1.29, 1.82) is 0 Å². The lowest BCUT2D eigenvalue weighted by atomic mass is 9.95. The topological polar surface area (TPSA) is 23.5 Å². The Morgan fingerprint density at radius 2 is 2.38 bits per heavy atom. The van der Waals surface area contributed by atoms with Gasteiger partial charge in [0.15, 0.2) is 0 Å². The van der Waals surface area contributed by atoms with E-state index in [0.29, 0.717) is 12.0 Å². The molecule has 2 aliphatic heterocycles. The van der Waals surface area contributed by atoms with Crippen molar-refractivity contribution < 1.29 is 5.11 Å². The number of aliphatic hydroxyl groups is 1. The molecule has 2 heterocycles. The lowest BCUT2D eigenvalue weighted by molar-refractivity contribution is 0.298. The van der Waals surface area contributed by atoms with Crippen LogP contribution in [0.2, 0.25) is 0 Å². The molecule has 1 fully saturated rings. The molecular formula is C14H17NO. The third-order valence-corrected chi connectivity index (χ3v) is 3.66. The second kappa shape index (κ2) is 3.95. The van der Waals surface area contributed by atoms with Gasteiger partial charge in [0.05, 0.1) is 6.04 Å². The molecule has 2 unspecified atom stereocenters. The Kier molecular flexibility index (Phi) is 2.44. The Labute approximate surface area is 96.3 Å². The van der Waals surface area contributed by atoms with Crippen LogP contribution in [-0.2, 0) is 0 Å². The Hall–Kier alpha value is -1.28. The molecule has 0 radical (unpaired) electrons. The third-order valence-electron chi connectivity index (χ3n) is 3.66. The Balaban J connectivity index is 1.88. The first kappa shape index (κ1) is 9.91. The van der Waals surface area contributed by atoms with Crippen molar-refractivity contribution in [3.05, 3.63) is 47.9 Å². The number of nitrogens with zero attached hydrogens (tertiary/aromatic N) is 1. The predicted octanol–water partition coefficient (Wildman–Crippen LogP) is 2.36. The molecule has 3 aliphatic rings. The SMILES string of the molecule is OCCC1=CN2C3=CC=CCC3CC2C=C1. The Morgan fingerprint density at radius 3 is 3.25 bits per heavy atom. The molecule has 0 saturated carbocycles. The van der Waals surface area contributed by atoms with Gasteiger partial charge in [-0.25, -0.2) is 0 Å². The number of hydrogen-bond acceptors (Lipinski definition) is 2. The molecule has 0 bridgehead atoms. The monoisotopic (exact) mass is 215 g/mol. The second-order valence-electron chi connectivity index (χ2n) is 4.70. The summed E-state index contributed by atoms with van der Waals surface area (Å²) in [6.07, 6.45) is 16.5. The van der Waals surface area contributed by atoms with Crippen molar-refractivity contribution in [3.63, 3.8) is 0 Å². The first-order chi connectivity index (χ1) is 7.88. The fourth-order valence-corrected chi connectivity index (χ4v) is 2.85. The van der Waals surface area contributed by atoms with Gasteiger partial charge in [0.2, 0.25) is 0 Å². The maximum absolute atomic E-state index is 8.97. The summed E-state index contributed by atoms with van der Waals surface area (Å²) in [5.74, 6) is 0.698. The van der Waals surface area contributed by atoms with E-state index in [1.807, 2.05) is 0 Å². The number of hydrogen-bond donors (Lipinski definition) is 1. The first-order valence-corrected chi connectivity index (χ1v) is 6.03. The van der Waals surface area contributed by atoms with Gasteiger partial charge < -0.3 is 10.0 Å². The zero-order valence-electron chi connectivity index (χ0n) is 9.34. The van der Waals surface area contributed by atoms with Gasteiger partial charge in [-0.1, -0.05) is 24.3 Å². The minimum atomic E-state index is 0.233. The standard InChI is InChI=1S/C14H17NO/c16-8-7-11-5-6-13-9-12-3-1-2-4-14(12)15(13)10-11/h1-2,4-6,10,12-13,16H,3,7-9H2. The van der Waals surface area contributed by atoms with Crippen molar-refractivity contribution >= 4 is 0 Å². The smallest absolute Gasteiger partial charge is 0.0523 e. The third kappa shape index (κ3) is 1.54. The quantitative estimate of drug-likeness (QED) is 0.764. The molecule has 0 spiro atoms. The Morgan fingerprint density at radius 1 is 1.44 bits per heavy atom. The maximum atomic E-state index is 8.97. The van der Waals surface area contributed by atoms with Gasteiger partial charge in [0, 0.05) is 24.4 Å². The fourth-order valence-electron chi connectivity index (χ4n) is 2.85. The molecule has 2 atom stereocenters. The number of rotatable bonds is 2. The maximum Gasteiger partial charge on any atom is 0.0523 e. The van der Waals surface area contributed by atoms with Crippen LogP contribution in [-0.4, -0.2) is 22.7 Å². The summed E-state index contributed by atoms with van der Waals surface area (Å²) < 4.78 is 0. The predicted molar refractivity (Wildman–Crippen MR) is 64.5 cm³/mol. The van der Waals surface area contributed by atoms with Gasteiger partial charge in [0.25, 0.3) is 0 Å². The summed E-state index contributed by atoms with van der Waals surface area (Å²) in [6, 6.07) is 0.540. The van der Waals surface area contributed by atoms with Crippen LogP contribution < -0.4 is 0 Å². The molecule has 16 heavy (non-hydrogen) atoms. The highest BCUT2D eigenvalue weighted by Gasteiger charge is 2.34. The van der Waals surface area contributed by atoms with E-state index in [1.54, 1.807) is 0 Å². The summed E-state index contributed by atoms with van der Waals surface area (Å²) in [6.45, 7) is 0.233. The lowest BCUT2D eigenvalue weighted by Gasteiger charge is -2.27. The number of aliphatic hydroxyl groups excluding tert-OH is 1. The minimum absolute atomic E-state index is 0.233. The molecule has 84 valence electrons. The zero-order chi connectivity index (χ0) is 11.0. The van der Waals surface area contributed by atoms with E-state index in [0.717, 1.165) is 6.42 Å². The Bertz CT molecular complexity index is 403. The summed E-state index contributed by atoms with van der Waals surface area (Å²) >= 11 is 0. The normalized spacial score (nSPS) is 30.9. The van der Waals surface area contributed by atoms with Gasteiger partial charge in [-0.15, -0.1) is 0 Å². The molecule has 0 aromatic heterocycles. The van der Waals surface area contributed by atoms with E-state index < -0.39 is 0 Å². The van der Waals surface area contributed by atoms with Gasteiger partial charge in [-0.3, -0.25) is 0 Å². The summed E-state index contributed by atoms with van der Waals surface area (Å²) in [5, 5.41) is 8.97. The molecule has 1 N–H and O–H groups in total. The molecule has 2 heteroatoms. The number of fused-ring (bicyclic) bond motifs is 3. The van der Waals surface area contributed by atoms with Crippen molar-refractivity contribution in [2.45, 2.75) is 25.3 Å². The minimum Gasteiger partial charge on any atom is -0.396 e. The van der Waals surface area contributed by atoms with Crippen LogP contribution in [0.25, 0.3) is 0 Å². The van der Waals surface area contributed by atoms with Crippen LogP contribution in [0.1, 0.15) is 19.3 Å². The van der Waals surface area contributed by atoms with E-state index >= 15 is 0 Å². The van der Waals surface area contributed by atoms with Gasteiger partial charge in [0.1, 0.15) is 0 Å². The lowest BCUT2D eigenvalue weighted by Crippen LogP contribution is -2.24. The molecule has 0 aromatic carbocycles.